The molecule has 126 valence electrons. The summed E-state index contributed by atoms with van der Waals surface area (Å²) in [6.45, 7) is 3.69. The first-order chi connectivity index (χ1) is 10.8. The van der Waals surface area contributed by atoms with Gasteiger partial charge in [0.1, 0.15) is 11.8 Å². The Labute approximate surface area is 139 Å². The molecule has 0 fully saturated rings. The second kappa shape index (κ2) is 8.99. The van der Waals surface area contributed by atoms with Crippen LogP contribution in [0.4, 0.5) is 0 Å². The number of hydrogen-bond acceptors (Lipinski definition) is 4. The molecule has 0 aliphatic rings. The molecule has 0 unspecified atom stereocenters. The monoisotopic (exact) mass is 341 g/mol. The number of carbonyl (C=O) groups excluding carboxylic acids is 3. The third-order valence-electron chi connectivity index (χ3n) is 2.89. The molecule has 1 aromatic carbocycles. The molecule has 0 spiro atoms. The van der Waals surface area contributed by atoms with Gasteiger partial charge in [0.25, 0.3) is 11.8 Å². The van der Waals surface area contributed by atoms with Gasteiger partial charge in [-0.2, -0.15) is 0 Å². The summed E-state index contributed by atoms with van der Waals surface area (Å²) in [5.41, 5.74) is 5.31. The van der Waals surface area contributed by atoms with Crippen LogP contribution in [-0.4, -0.2) is 36.9 Å². The fourth-order valence-corrected chi connectivity index (χ4v) is 1.89. The van der Waals surface area contributed by atoms with Crippen LogP contribution in [0.5, 0.6) is 5.75 Å². The molecule has 0 aromatic heterocycles. The van der Waals surface area contributed by atoms with Gasteiger partial charge in [-0.05, 0) is 31.5 Å². The van der Waals surface area contributed by atoms with Crippen LogP contribution in [0, 0.1) is 0 Å². The first-order valence-electron chi connectivity index (χ1n) is 7.14. The minimum absolute atomic E-state index is 0.0824. The Morgan fingerprint density at radius 3 is 2.65 bits per heavy atom. The van der Waals surface area contributed by atoms with Gasteiger partial charge in [-0.3, -0.25) is 14.4 Å². The quantitative estimate of drug-likeness (QED) is 0.651. The molecule has 0 radical (unpaired) electrons. The highest BCUT2D eigenvalue weighted by atomic mass is 35.5. The van der Waals surface area contributed by atoms with E-state index in [-0.39, 0.29) is 23.8 Å². The van der Waals surface area contributed by atoms with Gasteiger partial charge in [-0.1, -0.05) is 18.5 Å². The molecular weight excluding hydrogens is 322 g/mol. The molecule has 1 aromatic rings. The third kappa shape index (κ3) is 6.15. The number of benzene rings is 1. The Balaban J connectivity index is 2.57. The molecule has 23 heavy (non-hydrogen) atoms. The number of primary amides is 1. The molecule has 7 nitrogen and oxygen atoms in total. The van der Waals surface area contributed by atoms with Gasteiger partial charge in [-0.15, -0.1) is 0 Å². The molecule has 8 heteroatoms. The van der Waals surface area contributed by atoms with Crippen molar-refractivity contribution >= 4 is 29.3 Å². The van der Waals surface area contributed by atoms with Crippen LogP contribution in [0.3, 0.4) is 0 Å². The fourth-order valence-electron chi connectivity index (χ4n) is 1.71. The number of halogens is 1. The lowest BCUT2D eigenvalue weighted by molar-refractivity contribution is -0.129. The molecule has 1 rings (SSSR count). The van der Waals surface area contributed by atoms with Crippen LogP contribution in [0.25, 0.3) is 0 Å². The second-order valence-electron chi connectivity index (χ2n) is 4.87. The number of nitrogens with one attached hydrogen (secondary N) is 2. The van der Waals surface area contributed by atoms with Gasteiger partial charge in [0, 0.05) is 11.6 Å². The van der Waals surface area contributed by atoms with E-state index in [0.29, 0.717) is 11.6 Å². The SMILES string of the molecule is CCCNC(=O)[C@H](C)NC(=O)COc1ccc(Cl)cc1C(N)=O. The van der Waals surface area contributed by atoms with Crippen molar-refractivity contribution in [3.05, 3.63) is 28.8 Å². The highest BCUT2D eigenvalue weighted by Crippen LogP contribution is 2.22. The maximum Gasteiger partial charge on any atom is 0.258 e. The van der Waals surface area contributed by atoms with Crippen molar-refractivity contribution in [3.8, 4) is 5.75 Å². The average Bonchev–Trinajstić information content (AvgIpc) is 2.50. The summed E-state index contributed by atoms with van der Waals surface area (Å²) in [4.78, 5) is 34.8. The van der Waals surface area contributed by atoms with Crippen molar-refractivity contribution in [2.75, 3.05) is 13.2 Å². The minimum Gasteiger partial charge on any atom is -0.483 e. The summed E-state index contributed by atoms with van der Waals surface area (Å²) in [5, 5.41) is 5.50. The van der Waals surface area contributed by atoms with Crippen LogP contribution in [0.1, 0.15) is 30.6 Å². The Morgan fingerprint density at radius 2 is 2.04 bits per heavy atom. The van der Waals surface area contributed by atoms with Crippen molar-refractivity contribution in [3.63, 3.8) is 0 Å². The average molecular weight is 342 g/mol. The largest absolute Gasteiger partial charge is 0.483 e. The van der Waals surface area contributed by atoms with Gasteiger partial charge in [0.05, 0.1) is 5.56 Å². The molecule has 1 atom stereocenters. The zero-order valence-corrected chi connectivity index (χ0v) is 13.8. The molecule has 3 amide bonds. The molecule has 0 bridgehead atoms. The maximum atomic E-state index is 11.8. The van der Waals surface area contributed by atoms with Crippen molar-refractivity contribution < 1.29 is 19.1 Å². The van der Waals surface area contributed by atoms with E-state index in [9.17, 15) is 14.4 Å². The van der Waals surface area contributed by atoms with Crippen LogP contribution in [0.2, 0.25) is 5.02 Å². The molecule has 0 saturated heterocycles. The molecule has 0 aliphatic heterocycles. The zero-order valence-electron chi connectivity index (χ0n) is 13.0. The zero-order chi connectivity index (χ0) is 17.4. The molecule has 0 aliphatic carbocycles. The van der Waals surface area contributed by atoms with Crippen molar-refractivity contribution in [2.24, 2.45) is 5.73 Å². The Bertz CT molecular complexity index is 592. The highest BCUT2D eigenvalue weighted by Gasteiger charge is 2.16. The van der Waals surface area contributed by atoms with E-state index < -0.39 is 17.9 Å². The number of rotatable bonds is 8. The van der Waals surface area contributed by atoms with Crippen molar-refractivity contribution in [1.29, 1.82) is 0 Å². The van der Waals surface area contributed by atoms with Gasteiger partial charge in [0.15, 0.2) is 6.61 Å². The summed E-state index contributed by atoms with van der Waals surface area (Å²) in [5.74, 6) is -1.32. The number of hydrogen-bond donors (Lipinski definition) is 3. The van der Waals surface area contributed by atoms with Crippen LogP contribution < -0.4 is 21.1 Å². The lowest BCUT2D eigenvalue weighted by Gasteiger charge is -2.15. The summed E-state index contributed by atoms with van der Waals surface area (Å²) in [7, 11) is 0. The number of ether oxygens (including phenoxy) is 1. The van der Waals surface area contributed by atoms with E-state index in [0.717, 1.165) is 6.42 Å². The summed E-state index contributed by atoms with van der Waals surface area (Å²) in [6.07, 6.45) is 0.808. The predicted molar refractivity (Wildman–Crippen MR) is 86.4 cm³/mol. The van der Waals surface area contributed by atoms with Gasteiger partial charge < -0.3 is 21.1 Å². The molecular formula is C15H20ClN3O4. The van der Waals surface area contributed by atoms with E-state index >= 15 is 0 Å². The maximum absolute atomic E-state index is 11.8. The lowest BCUT2D eigenvalue weighted by atomic mass is 10.2. The second-order valence-corrected chi connectivity index (χ2v) is 5.31. The smallest absolute Gasteiger partial charge is 0.258 e. The van der Waals surface area contributed by atoms with Gasteiger partial charge in [0.2, 0.25) is 5.91 Å². The number of nitrogens with two attached hydrogens (primary N) is 1. The highest BCUT2D eigenvalue weighted by molar-refractivity contribution is 6.31. The molecule has 0 heterocycles. The first-order valence-corrected chi connectivity index (χ1v) is 7.52. The topological polar surface area (TPSA) is 111 Å². The summed E-state index contributed by atoms with van der Waals surface area (Å²) in [6, 6.07) is 3.64. The predicted octanol–water partition coefficient (Wildman–Crippen LogP) is 0.849. The molecule has 4 N–H and O–H groups in total. The first kappa shape index (κ1) is 18.8. The minimum atomic E-state index is -0.713. The summed E-state index contributed by atoms with van der Waals surface area (Å²) >= 11 is 5.78. The van der Waals surface area contributed by atoms with E-state index in [4.69, 9.17) is 22.1 Å². The van der Waals surface area contributed by atoms with Crippen molar-refractivity contribution in [2.45, 2.75) is 26.3 Å². The lowest BCUT2D eigenvalue weighted by Crippen LogP contribution is -2.46. The molecule has 0 saturated carbocycles. The number of amides is 3. The number of carbonyl (C=O) groups is 3. The Morgan fingerprint density at radius 1 is 1.35 bits per heavy atom. The normalized spacial score (nSPS) is 11.4. The van der Waals surface area contributed by atoms with Gasteiger partial charge in [-0.25, -0.2) is 0 Å². The van der Waals surface area contributed by atoms with Crippen LogP contribution in [0.15, 0.2) is 18.2 Å². The van der Waals surface area contributed by atoms with E-state index in [2.05, 4.69) is 10.6 Å². The summed E-state index contributed by atoms with van der Waals surface area (Å²) < 4.78 is 5.27. The van der Waals surface area contributed by atoms with Crippen molar-refractivity contribution in [1.82, 2.24) is 10.6 Å². The van der Waals surface area contributed by atoms with E-state index in [1.807, 2.05) is 6.92 Å². The van der Waals surface area contributed by atoms with E-state index in [1.165, 1.54) is 18.2 Å². The van der Waals surface area contributed by atoms with Gasteiger partial charge >= 0.3 is 0 Å². The third-order valence-corrected chi connectivity index (χ3v) is 3.12. The fraction of sp³-hybridized carbons (Fsp3) is 0.400. The Kier molecular flexibility index (Phi) is 7.34. The van der Waals surface area contributed by atoms with E-state index in [1.54, 1.807) is 6.92 Å². The standard InChI is InChI=1S/C15H20ClN3O4/c1-3-6-18-15(22)9(2)19-13(20)8-23-12-5-4-10(16)7-11(12)14(17)21/h4-5,7,9H,3,6,8H2,1-2H3,(H2,17,21)(H,18,22)(H,19,20)/t9-/m0/s1. The van der Waals surface area contributed by atoms with Crippen LogP contribution in [-0.2, 0) is 9.59 Å². The van der Waals surface area contributed by atoms with Crippen LogP contribution >= 0.6 is 11.6 Å². The Hall–Kier alpha value is -2.28.